The molecule has 0 aliphatic carbocycles. The second-order valence-electron chi connectivity index (χ2n) is 3.83. The monoisotopic (exact) mass is 281 g/mol. The smallest absolute Gasteiger partial charge is 0.205 e. The number of anilines is 1. The van der Waals surface area contributed by atoms with Crippen LogP contribution in [-0.4, -0.2) is 29.5 Å². The molecule has 0 fully saturated rings. The summed E-state index contributed by atoms with van der Waals surface area (Å²) in [6.07, 6.45) is 0. The number of methoxy groups -OCH3 is 2. The van der Waals surface area contributed by atoms with Crippen LogP contribution in [0.4, 0.5) is 5.13 Å². The molecule has 0 atom stereocenters. The van der Waals surface area contributed by atoms with Gasteiger partial charge in [-0.25, -0.2) is 0 Å². The van der Waals surface area contributed by atoms with Gasteiger partial charge in [-0.05, 0) is 24.6 Å². The lowest BCUT2D eigenvalue weighted by molar-refractivity contribution is 0.339. The third-order valence-corrected chi connectivity index (χ3v) is 3.31. The summed E-state index contributed by atoms with van der Waals surface area (Å²) in [6, 6.07) is 3.50. The van der Waals surface area contributed by atoms with Crippen LogP contribution >= 0.6 is 11.3 Å². The summed E-state index contributed by atoms with van der Waals surface area (Å²) in [4.78, 5) is 0. The maximum absolute atomic E-state index is 9.81. The van der Waals surface area contributed by atoms with Gasteiger partial charge in [-0.1, -0.05) is 11.3 Å². The van der Waals surface area contributed by atoms with E-state index in [9.17, 15) is 5.11 Å². The summed E-state index contributed by atoms with van der Waals surface area (Å²) in [5.41, 5.74) is 0.916. The number of aromatic hydroxyl groups is 1. The molecule has 0 saturated carbocycles. The molecule has 2 N–H and O–H groups in total. The van der Waals surface area contributed by atoms with E-state index in [0.29, 0.717) is 18.0 Å². The van der Waals surface area contributed by atoms with Crippen LogP contribution in [0.5, 0.6) is 17.2 Å². The number of aromatic nitrogens is 2. The zero-order valence-corrected chi connectivity index (χ0v) is 11.7. The molecule has 0 aliphatic heterocycles. The van der Waals surface area contributed by atoms with E-state index in [1.807, 2.05) is 6.92 Å². The van der Waals surface area contributed by atoms with Crippen molar-refractivity contribution in [2.75, 3.05) is 19.5 Å². The second-order valence-corrected chi connectivity index (χ2v) is 5.01. The Morgan fingerprint density at radius 2 is 1.84 bits per heavy atom. The molecule has 1 heterocycles. The van der Waals surface area contributed by atoms with Crippen molar-refractivity contribution in [2.24, 2.45) is 0 Å². The van der Waals surface area contributed by atoms with Crippen molar-refractivity contribution >= 4 is 16.5 Å². The summed E-state index contributed by atoms with van der Waals surface area (Å²) >= 11 is 1.48. The lowest BCUT2D eigenvalue weighted by Gasteiger charge is -2.11. The highest BCUT2D eigenvalue weighted by Gasteiger charge is 2.11. The average molecular weight is 281 g/mol. The number of aryl methyl sites for hydroxylation is 1. The van der Waals surface area contributed by atoms with Crippen LogP contribution in [0.15, 0.2) is 12.1 Å². The van der Waals surface area contributed by atoms with Gasteiger partial charge in [0.15, 0.2) is 11.5 Å². The highest BCUT2D eigenvalue weighted by Crippen LogP contribution is 2.37. The third kappa shape index (κ3) is 3.05. The minimum absolute atomic E-state index is 0.000472. The van der Waals surface area contributed by atoms with E-state index in [0.717, 1.165) is 15.7 Å². The van der Waals surface area contributed by atoms with E-state index in [4.69, 9.17) is 9.47 Å². The van der Waals surface area contributed by atoms with Crippen LogP contribution in [0, 0.1) is 6.92 Å². The van der Waals surface area contributed by atoms with Gasteiger partial charge in [-0.2, -0.15) is 0 Å². The van der Waals surface area contributed by atoms with Crippen LogP contribution < -0.4 is 14.8 Å². The Morgan fingerprint density at radius 3 is 2.32 bits per heavy atom. The number of rotatable bonds is 5. The first-order valence-corrected chi connectivity index (χ1v) is 6.43. The van der Waals surface area contributed by atoms with Crippen LogP contribution in [0.2, 0.25) is 0 Å². The maximum atomic E-state index is 9.81. The molecule has 0 radical (unpaired) electrons. The minimum atomic E-state index is 0.000472. The standard InChI is InChI=1S/C12H15N3O3S/c1-7-14-15-12(19-7)13-6-8-4-9(17-2)11(16)10(5-8)18-3/h4-5,16H,6H2,1-3H3,(H,13,15). The number of hydrogen-bond donors (Lipinski definition) is 2. The Bertz CT molecular complexity index is 546. The van der Waals surface area contributed by atoms with Gasteiger partial charge in [0.05, 0.1) is 14.2 Å². The van der Waals surface area contributed by atoms with E-state index >= 15 is 0 Å². The van der Waals surface area contributed by atoms with E-state index in [2.05, 4.69) is 15.5 Å². The molecule has 0 aliphatic rings. The van der Waals surface area contributed by atoms with E-state index in [-0.39, 0.29) is 5.75 Å². The summed E-state index contributed by atoms with van der Waals surface area (Å²) in [7, 11) is 3.00. The molecule has 0 bridgehead atoms. The fourth-order valence-electron chi connectivity index (χ4n) is 1.60. The zero-order valence-electron chi connectivity index (χ0n) is 10.9. The summed E-state index contributed by atoms with van der Waals surface area (Å²) in [6.45, 7) is 2.44. The Labute approximate surface area is 115 Å². The molecule has 0 spiro atoms. The molecule has 0 saturated heterocycles. The predicted molar refractivity (Wildman–Crippen MR) is 73.2 cm³/mol. The first-order chi connectivity index (χ1) is 9.13. The number of hydrogen-bond acceptors (Lipinski definition) is 7. The Balaban J connectivity index is 2.15. The minimum Gasteiger partial charge on any atom is -0.502 e. The van der Waals surface area contributed by atoms with E-state index < -0.39 is 0 Å². The summed E-state index contributed by atoms with van der Waals surface area (Å²) in [5.74, 6) is 0.759. The molecule has 0 amide bonds. The average Bonchev–Trinajstić information content (AvgIpc) is 2.83. The zero-order chi connectivity index (χ0) is 13.8. The van der Waals surface area contributed by atoms with Crippen molar-refractivity contribution in [1.82, 2.24) is 10.2 Å². The van der Waals surface area contributed by atoms with Crippen molar-refractivity contribution in [1.29, 1.82) is 0 Å². The normalized spacial score (nSPS) is 10.3. The lowest BCUT2D eigenvalue weighted by atomic mass is 10.2. The molecule has 19 heavy (non-hydrogen) atoms. The van der Waals surface area contributed by atoms with Crippen molar-refractivity contribution in [3.05, 3.63) is 22.7 Å². The molecule has 2 rings (SSSR count). The largest absolute Gasteiger partial charge is 0.502 e. The topological polar surface area (TPSA) is 76.5 Å². The Hall–Kier alpha value is -2.02. The first-order valence-electron chi connectivity index (χ1n) is 5.62. The highest BCUT2D eigenvalue weighted by molar-refractivity contribution is 7.15. The van der Waals surface area contributed by atoms with Crippen LogP contribution in [0.25, 0.3) is 0 Å². The Morgan fingerprint density at radius 1 is 1.21 bits per heavy atom. The van der Waals surface area contributed by atoms with Crippen molar-refractivity contribution < 1.29 is 14.6 Å². The van der Waals surface area contributed by atoms with E-state index in [1.165, 1.54) is 25.6 Å². The van der Waals surface area contributed by atoms with Crippen molar-refractivity contribution in [3.8, 4) is 17.2 Å². The number of phenolic OH excluding ortho intramolecular Hbond substituents is 1. The van der Waals surface area contributed by atoms with Crippen molar-refractivity contribution in [2.45, 2.75) is 13.5 Å². The van der Waals surface area contributed by atoms with Gasteiger partial charge in [0.1, 0.15) is 5.01 Å². The van der Waals surface area contributed by atoms with Crippen LogP contribution in [0.1, 0.15) is 10.6 Å². The molecular formula is C12H15N3O3S. The number of ether oxygens (including phenoxy) is 2. The molecule has 6 nitrogen and oxygen atoms in total. The van der Waals surface area contributed by atoms with Gasteiger partial charge in [0.2, 0.25) is 10.9 Å². The molecular weight excluding hydrogens is 266 g/mol. The quantitative estimate of drug-likeness (QED) is 0.874. The number of benzene rings is 1. The molecule has 2 aromatic rings. The fourth-order valence-corrected chi connectivity index (χ4v) is 2.18. The number of nitrogens with zero attached hydrogens (tertiary/aromatic N) is 2. The highest BCUT2D eigenvalue weighted by atomic mass is 32.1. The first kappa shape index (κ1) is 13.4. The fraction of sp³-hybridized carbons (Fsp3) is 0.333. The molecule has 0 unspecified atom stereocenters. The van der Waals surface area contributed by atoms with Crippen LogP contribution in [-0.2, 0) is 6.54 Å². The van der Waals surface area contributed by atoms with Gasteiger partial charge in [-0.15, -0.1) is 10.2 Å². The molecule has 1 aromatic carbocycles. The van der Waals surface area contributed by atoms with Crippen LogP contribution in [0.3, 0.4) is 0 Å². The van der Waals surface area contributed by atoms with Gasteiger partial charge in [0, 0.05) is 6.54 Å². The van der Waals surface area contributed by atoms with Gasteiger partial charge in [-0.3, -0.25) is 0 Å². The lowest BCUT2D eigenvalue weighted by Crippen LogP contribution is -2.00. The number of phenols is 1. The van der Waals surface area contributed by atoms with Gasteiger partial charge in [0.25, 0.3) is 0 Å². The molecule has 102 valence electrons. The van der Waals surface area contributed by atoms with Gasteiger partial charge >= 0.3 is 0 Å². The molecule has 1 aromatic heterocycles. The maximum Gasteiger partial charge on any atom is 0.205 e. The van der Waals surface area contributed by atoms with E-state index in [1.54, 1.807) is 12.1 Å². The summed E-state index contributed by atoms with van der Waals surface area (Å²) < 4.78 is 10.2. The Kier molecular flexibility index (Phi) is 4.06. The second kappa shape index (κ2) is 5.75. The van der Waals surface area contributed by atoms with Gasteiger partial charge < -0.3 is 19.9 Å². The third-order valence-electron chi connectivity index (χ3n) is 2.51. The number of nitrogens with one attached hydrogen (secondary N) is 1. The SMILES string of the molecule is COc1cc(CNc2nnc(C)s2)cc(OC)c1O. The predicted octanol–water partition coefficient (Wildman–Crippen LogP) is 2.18. The summed E-state index contributed by atoms with van der Waals surface area (Å²) in [5, 5.41) is 22.5. The molecule has 7 heteroatoms. The van der Waals surface area contributed by atoms with Crippen molar-refractivity contribution in [3.63, 3.8) is 0 Å².